The molecule has 0 atom stereocenters. The second-order valence-corrected chi connectivity index (χ2v) is 7.76. The van der Waals surface area contributed by atoms with Gasteiger partial charge in [-0.05, 0) is 48.4 Å². The van der Waals surface area contributed by atoms with Gasteiger partial charge < -0.3 is 24.8 Å². The third-order valence-electron chi connectivity index (χ3n) is 5.16. The maximum atomic E-state index is 12.3. The minimum Gasteiger partial charge on any atom is -0.483 e. The lowest BCUT2D eigenvalue weighted by Crippen LogP contribution is -2.37. The minimum atomic E-state index is -0.928. The van der Waals surface area contributed by atoms with Gasteiger partial charge in [-0.1, -0.05) is 36.4 Å². The molecule has 0 bridgehead atoms. The van der Waals surface area contributed by atoms with E-state index in [1.54, 1.807) is 42.5 Å². The van der Waals surface area contributed by atoms with Crippen LogP contribution >= 0.6 is 0 Å². The van der Waals surface area contributed by atoms with Crippen molar-refractivity contribution in [3.63, 3.8) is 0 Å². The molecule has 0 saturated heterocycles. The van der Waals surface area contributed by atoms with Crippen LogP contribution in [-0.2, 0) is 20.9 Å². The van der Waals surface area contributed by atoms with Crippen LogP contribution in [0.3, 0.4) is 0 Å². The number of ether oxygens (including phenoxy) is 3. The van der Waals surface area contributed by atoms with E-state index < -0.39 is 11.8 Å². The fourth-order valence-electron chi connectivity index (χ4n) is 3.29. The van der Waals surface area contributed by atoms with Gasteiger partial charge in [-0.2, -0.15) is 5.10 Å². The molecular formula is C26H24N4O6. The van der Waals surface area contributed by atoms with Crippen LogP contribution in [0.4, 0.5) is 5.69 Å². The summed E-state index contributed by atoms with van der Waals surface area (Å²) in [6, 6.07) is 19.5. The summed E-state index contributed by atoms with van der Waals surface area (Å²) in [7, 11) is 0. The summed E-state index contributed by atoms with van der Waals surface area (Å²) in [4.78, 5) is 36.4. The number of carbonyl (C=O) groups is 3. The molecule has 0 radical (unpaired) electrons. The van der Waals surface area contributed by atoms with Gasteiger partial charge in [0, 0.05) is 17.8 Å². The normalized spacial score (nSPS) is 11.7. The third kappa shape index (κ3) is 6.38. The second-order valence-electron chi connectivity index (χ2n) is 7.76. The van der Waals surface area contributed by atoms with E-state index in [1.807, 2.05) is 31.2 Å². The van der Waals surface area contributed by atoms with Gasteiger partial charge in [0.25, 0.3) is 5.91 Å². The van der Waals surface area contributed by atoms with Crippen LogP contribution in [0.2, 0.25) is 0 Å². The van der Waals surface area contributed by atoms with Gasteiger partial charge in [0.15, 0.2) is 18.1 Å². The maximum absolute atomic E-state index is 12.3. The van der Waals surface area contributed by atoms with Gasteiger partial charge in [-0.3, -0.25) is 14.4 Å². The van der Waals surface area contributed by atoms with E-state index >= 15 is 0 Å². The lowest BCUT2D eigenvalue weighted by atomic mass is 10.2. The van der Waals surface area contributed by atoms with Crippen LogP contribution < -0.4 is 30.3 Å². The largest absolute Gasteiger partial charge is 0.483 e. The predicted octanol–water partition coefficient (Wildman–Crippen LogP) is 2.51. The molecule has 0 fully saturated rings. The van der Waals surface area contributed by atoms with E-state index in [-0.39, 0.29) is 25.9 Å². The lowest BCUT2D eigenvalue weighted by molar-refractivity contribution is -0.139. The summed E-state index contributed by atoms with van der Waals surface area (Å²) in [6.07, 6.45) is 1.33. The van der Waals surface area contributed by atoms with Crippen LogP contribution in [0, 0.1) is 6.92 Å². The summed E-state index contributed by atoms with van der Waals surface area (Å²) in [5.74, 6) is -0.478. The first-order chi connectivity index (χ1) is 17.5. The number of hydrogen-bond acceptors (Lipinski definition) is 7. The molecule has 0 aromatic heterocycles. The quantitative estimate of drug-likeness (QED) is 0.254. The third-order valence-corrected chi connectivity index (χ3v) is 5.16. The SMILES string of the molecule is Cc1ccccc1NC(=O)COc1ccccc1/C=N\NC(=O)C(=O)NCc1ccc2c(c1)OCO2. The Hall–Kier alpha value is -4.86. The van der Waals surface area contributed by atoms with Gasteiger partial charge in [0.1, 0.15) is 5.75 Å². The minimum absolute atomic E-state index is 0.133. The molecule has 0 saturated carbocycles. The Morgan fingerprint density at radius 2 is 1.75 bits per heavy atom. The highest BCUT2D eigenvalue weighted by atomic mass is 16.7. The van der Waals surface area contributed by atoms with E-state index in [4.69, 9.17) is 14.2 Å². The highest BCUT2D eigenvalue weighted by molar-refractivity contribution is 6.35. The molecule has 184 valence electrons. The van der Waals surface area contributed by atoms with E-state index in [0.29, 0.717) is 28.5 Å². The van der Waals surface area contributed by atoms with Crippen LogP contribution in [0.1, 0.15) is 16.7 Å². The van der Waals surface area contributed by atoms with E-state index in [9.17, 15) is 14.4 Å². The monoisotopic (exact) mass is 488 g/mol. The number of amides is 3. The van der Waals surface area contributed by atoms with Crippen LogP contribution in [0.25, 0.3) is 0 Å². The van der Waals surface area contributed by atoms with Crippen LogP contribution in [-0.4, -0.2) is 37.3 Å². The number of benzene rings is 3. The highest BCUT2D eigenvalue weighted by Crippen LogP contribution is 2.32. The molecule has 36 heavy (non-hydrogen) atoms. The van der Waals surface area contributed by atoms with E-state index in [1.165, 1.54) is 6.21 Å². The Morgan fingerprint density at radius 1 is 0.972 bits per heavy atom. The Bertz CT molecular complexity index is 1310. The predicted molar refractivity (Wildman–Crippen MR) is 132 cm³/mol. The average molecular weight is 489 g/mol. The number of anilines is 1. The second kappa shape index (κ2) is 11.5. The van der Waals surface area contributed by atoms with Gasteiger partial charge in [0.2, 0.25) is 6.79 Å². The van der Waals surface area contributed by atoms with Gasteiger partial charge in [-0.15, -0.1) is 0 Å². The van der Waals surface area contributed by atoms with Crippen molar-refractivity contribution in [3.8, 4) is 17.2 Å². The molecule has 1 aliphatic rings. The number of hydrogen-bond donors (Lipinski definition) is 3. The molecule has 3 N–H and O–H groups in total. The molecular weight excluding hydrogens is 464 g/mol. The number of nitrogens with zero attached hydrogens (tertiary/aromatic N) is 1. The van der Waals surface area contributed by atoms with Crippen LogP contribution in [0.15, 0.2) is 71.8 Å². The van der Waals surface area contributed by atoms with Crippen molar-refractivity contribution in [2.75, 3.05) is 18.7 Å². The first kappa shape index (κ1) is 24.3. The van der Waals surface area contributed by atoms with Crippen molar-refractivity contribution in [1.82, 2.24) is 10.7 Å². The van der Waals surface area contributed by atoms with Gasteiger partial charge in [0.05, 0.1) is 6.21 Å². The van der Waals surface area contributed by atoms with Gasteiger partial charge >= 0.3 is 11.8 Å². The van der Waals surface area contributed by atoms with Crippen molar-refractivity contribution in [2.45, 2.75) is 13.5 Å². The van der Waals surface area contributed by atoms with Crippen molar-refractivity contribution in [2.24, 2.45) is 5.10 Å². The number of rotatable bonds is 8. The molecule has 0 unspecified atom stereocenters. The van der Waals surface area contributed by atoms with Crippen molar-refractivity contribution in [3.05, 3.63) is 83.4 Å². The number of para-hydroxylation sites is 2. The Labute approximate surface area is 207 Å². The number of fused-ring (bicyclic) bond motifs is 1. The molecule has 3 amide bonds. The molecule has 10 heteroatoms. The Kier molecular flexibility index (Phi) is 7.76. The van der Waals surface area contributed by atoms with Crippen LogP contribution in [0.5, 0.6) is 17.2 Å². The Morgan fingerprint density at radius 3 is 2.61 bits per heavy atom. The summed E-state index contributed by atoms with van der Waals surface area (Å²) in [5, 5.41) is 9.14. The number of carbonyl (C=O) groups excluding carboxylic acids is 3. The standard InChI is InChI=1S/C26H24N4O6/c1-17-6-2-4-8-20(17)29-24(31)15-34-21-9-5-3-7-19(21)14-28-30-26(33)25(32)27-13-18-10-11-22-23(12-18)36-16-35-22/h2-12,14H,13,15-16H2,1H3,(H,27,32)(H,29,31)(H,30,33)/b28-14-. The number of nitrogens with one attached hydrogen (secondary N) is 3. The van der Waals surface area contributed by atoms with Gasteiger partial charge in [-0.25, -0.2) is 5.43 Å². The average Bonchev–Trinajstić information content (AvgIpc) is 3.36. The molecule has 10 nitrogen and oxygen atoms in total. The molecule has 4 rings (SSSR count). The molecule has 1 heterocycles. The van der Waals surface area contributed by atoms with Crippen molar-refractivity contribution in [1.29, 1.82) is 0 Å². The topological polar surface area (TPSA) is 127 Å². The first-order valence-corrected chi connectivity index (χ1v) is 11.1. The molecule has 0 spiro atoms. The zero-order valence-corrected chi connectivity index (χ0v) is 19.4. The summed E-state index contributed by atoms with van der Waals surface area (Å²) in [6.45, 7) is 1.97. The summed E-state index contributed by atoms with van der Waals surface area (Å²) >= 11 is 0. The summed E-state index contributed by atoms with van der Waals surface area (Å²) in [5.41, 5.74) is 5.09. The zero-order chi connectivity index (χ0) is 25.3. The molecule has 1 aliphatic heterocycles. The first-order valence-electron chi connectivity index (χ1n) is 11.1. The van der Waals surface area contributed by atoms with Crippen molar-refractivity contribution < 1.29 is 28.6 Å². The fraction of sp³-hybridized carbons (Fsp3) is 0.154. The van der Waals surface area contributed by atoms with Crippen molar-refractivity contribution >= 4 is 29.6 Å². The van der Waals surface area contributed by atoms with E-state index in [2.05, 4.69) is 21.2 Å². The molecule has 0 aliphatic carbocycles. The highest BCUT2D eigenvalue weighted by Gasteiger charge is 2.16. The maximum Gasteiger partial charge on any atom is 0.329 e. The number of aryl methyl sites for hydroxylation is 1. The number of hydrazone groups is 1. The Balaban J connectivity index is 1.26. The van der Waals surface area contributed by atoms with E-state index in [0.717, 1.165) is 11.1 Å². The zero-order valence-electron chi connectivity index (χ0n) is 19.4. The molecule has 3 aromatic carbocycles. The fourth-order valence-corrected chi connectivity index (χ4v) is 3.29. The lowest BCUT2D eigenvalue weighted by Gasteiger charge is -2.11. The smallest absolute Gasteiger partial charge is 0.329 e. The molecule has 3 aromatic rings. The summed E-state index contributed by atoms with van der Waals surface area (Å²) < 4.78 is 16.2.